The highest BCUT2D eigenvalue weighted by Gasteiger charge is 2.19. The Hall–Kier alpha value is -8.18. The van der Waals surface area contributed by atoms with E-state index in [-0.39, 0.29) is 0 Å². The first-order valence-corrected chi connectivity index (χ1v) is 22.6. The Kier molecular flexibility index (Phi) is 8.40. The van der Waals surface area contributed by atoms with Gasteiger partial charge in [-0.2, -0.15) is 0 Å². The van der Waals surface area contributed by atoms with E-state index < -0.39 is 0 Å². The van der Waals surface area contributed by atoms with Crippen molar-refractivity contribution in [3.8, 4) is 39.1 Å². The van der Waals surface area contributed by atoms with E-state index in [0.29, 0.717) is 0 Å². The molecule has 0 saturated carbocycles. The first kappa shape index (κ1) is 36.5. The van der Waals surface area contributed by atoms with Crippen LogP contribution in [-0.4, -0.2) is 4.57 Å². The van der Waals surface area contributed by atoms with Crippen LogP contribution in [0.25, 0.3) is 103 Å². The molecule has 64 heavy (non-hydrogen) atoms. The highest BCUT2D eigenvalue weighted by molar-refractivity contribution is 7.26. The van der Waals surface area contributed by atoms with Crippen molar-refractivity contribution >= 4 is 92.3 Å². The van der Waals surface area contributed by atoms with Gasteiger partial charge in [0.1, 0.15) is 5.58 Å². The van der Waals surface area contributed by atoms with Crippen LogP contribution in [0.1, 0.15) is 0 Å². The Morgan fingerprint density at radius 2 is 0.906 bits per heavy atom. The van der Waals surface area contributed by atoms with Crippen molar-refractivity contribution in [2.45, 2.75) is 0 Å². The van der Waals surface area contributed by atoms with Gasteiger partial charge in [-0.3, -0.25) is 0 Å². The second-order valence-electron chi connectivity index (χ2n) is 16.5. The summed E-state index contributed by atoms with van der Waals surface area (Å²) in [6.07, 6.45) is 0. The maximum Gasteiger partial charge on any atom is 0.159 e. The second kappa shape index (κ2) is 14.7. The van der Waals surface area contributed by atoms with Crippen molar-refractivity contribution < 1.29 is 4.42 Å². The average Bonchev–Trinajstić information content (AvgIpc) is 4.05. The number of furan rings is 1. The summed E-state index contributed by atoms with van der Waals surface area (Å²) in [7, 11) is 0. The fourth-order valence-corrected chi connectivity index (χ4v) is 11.0. The molecule has 300 valence electrons. The first-order chi connectivity index (χ1) is 31.7. The standard InChI is InChI=1S/C60H38N2OS/c1-2-12-39(13-3-1)40-24-31-44(32-25-40)61(46-35-28-42(29-36-46)47-17-10-19-52-50-16-6-9-23-58(50)64-60(47)52)45-33-26-41(27-34-45)43-30-37-55-53(38-43)48-14-4-7-20-54(48)62(55)56-21-11-18-51-49-15-5-8-22-57(49)63-59(51)56/h1-38H. The van der Waals surface area contributed by atoms with Gasteiger partial charge in [0.2, 0.25) is 0 Å². The number of thiophene rings is 1. The molecule has 0 aliphatic rings. The zero-order valence-electron chi connectivity index (χ0n) is 34.7. The summed E-state index contributed by atoms with van der Waals surface area (Å²) in [5, 5.41) is 7.30. The number of rotatable bonds is 7. The Balaban J connectivity index is 0.892. The summed E-state index contributed by atoms with van der Waals surface area (Å²) in [6, 6.07) is 83.3. The van der Waals surface area contributed by atoms with Gasteiger partial charge in [-0.1, -0.05) is 158 Å². The SMILES string of the molecule is c1ccc(-c2ccc(N(c3ccc(-c4ccc5c(c4)c4ccccc4n5-c4cccc5c4oc4ccccc45)cc3)c3ccc(-c4cccc5c4sc4ccccc45)cc3)cc2)cc1. The van der Waals surface area contributed by atoms with Crippen molar-refractivity contribution in [1.82, 2.24) is 4.57 Å². The number of fused-ring (bicyclic) bond motifs is 9. The van der Waals surface area contributed by atoms with Crippen molar-refractivity contribution in [3.05, 3.63) is 231 Å². The highest BCUT2D eigenvalue weighted by Crippen LogP contribution is 2.43. The van der Waals surface area contributed by atoms with Gasteiger partial charge in [-0.25, -0.2) is 0 Å². The van der Waals surface area contributed by atoms with E-state index in [1.54, 1.807) is 0 Å². The molecule has 0 saturated heterocycles. The summed E-state index contributed by atoms with van der Waals surface area (Å²) in [6.45, 7) is 0. The molecule has 0 aliphatic heterocycles. The zero-order valence-corrected chi connectivity index (χ0v) is 35.5. The Bertz CT molecular complexity index is 3880. The van der Waals surface area contributed by atoms with Crippen molar-refractivity contribution in [3.63, 3.8) is 0 Å². The highest BCUT2D eigenvalue weighted by atomic mass is 32.1. The first-order valence-electron chi connectivity index (χ1n) is 21.7. The maximum atomic E-state index is 6.55. The summed E-state index contributed by atoms with van der Waals surface area (Å²) in [5.74, 6) is 0. The van der Waals surface area contributed by atoms with Crippen LogP contribution in [0.2, 0.25) is 0 Å². The molecule has 4 heteroatoms. The fourth-order valence-electron chi connectivity index (χ4n) is 9.77. The monoisotopic (exact) mass is 834 g/mol. The van der Waals surface area contributed by atoms with E-state index in [0.717, 1.165) is 61.3 Å². The van der Waals surface area contributed by atoms with Crippen LogP contribution in [0, 0.1) is 0 Å². The number of hydrogen-bond acceptors (Lipinski definition) is 3. The van der Waals surface area contributed by atoms with Crippen molar-refractivity contribution in [2.75, 3.05) is 4.90 Å². The fraction of sp³-hybridized carbons (Fsp3) is 0. The zero-order chi connectivity index (χ0) is 42.1. The van der Waals surface area contributed by atoms with E-state index in [1.165, 1.54) is 58.8 Å². The Labute approximate surface area is 373 Å². The molecule has 0 atom stereocenters. The van der Waals surface area contributed by atoms with E-state index in [4.69, 9.17) is 4.42 Å². The van der Waals surface area contributed by atoms with E-state index in [2.05, 4.69) is 228 Å². The third-order valence-electron chi connectivity index (χ3n) is 12.8. The van der Waals surface area contributed by atoms with Gasteiger partial charge < -0.3 is 13.9 Å². The van der Waals surface area contributed by atoms with Crippen LogP contribution in [0.4, 0.5) is 17.1 Å². The molecule has 10 aromatic carbocycles. The molecule has 0 aliphatic carbocycles. The second-order valence-corrected chi connectivity index (χ2v) is 17.5. The molecular formula is C60H38N2OS. The number of nitrogens with zero attached hydrogens (tertiary/aromatic N) is 2. The predicted octanol–water partition coefficient (Wildman–Crippen LogP) is 17.5. The van der Waals surface area contributed by atoms with Crippen LogP contribution < -0.4 is 4.90 Å². The lowest BCUT2D eigenvalue weighted by Gasteiger charge is -2.26. The van der Waals surface area contributed by atoms with Gasteiger partial charge in [0.15, 0.2) is 5.58 Å². The van der Waals surface area contributed by atoms with E-state index in [1.807, 2.05) is 23.5 Å². The number of hydrogen-bond donors (Lipinski definition) is 0. The molecule has 3 heterocycles. The van der Waals surface area contributed by atoms with Gasteiger partial charge >= 0.3 is 0 Å². The molecule has 0 N–H and O–H groups in total. The molecule has 0 radical (unpaired) electrons. The summed E-state index contributed by atoms with van der Waals surface area (Å²) in [5.41, 5.74) is 15.6. The van der Waals surface area contributed by atoms with Crippen LogP contribution in [0.5, 0.6) is 0 Å². The smallest absolute Gasteiger partial charge is 0.159 e. The van der Waals surface area contributed by atoms with Gasteiger partial charge in [0.05, 0.1) is 16.7 Å². The lowest BCUT2D eigenvalue weighted by molar-refractivity contribution is 0.666. The third kappa shape index (κ3) is 5.88. The lowest BCUT2D eigenvalue weighted by Crippen LogP contribution is -2.09. The molecule has 13 rings (SSSR count). The minimum atomic E-state index is 0.897. The third-order valence-corrected chi connectivity index (χ3v) is 14.0. The quantitative estimate of drug-likeness (QED) is 0.159. The normalized spacial score (nSPS) is 11.8. The number of benzene rings is 10. The molecule has 0 amide bonds. The summed E-state index contributed by atoms with van der Waals surface area (Å²) < 4.78 is 11.5. The van der Waals surface area contributed by atoms with Gasteiger partial charge in [0.25, 0.3) is 0 Å². The topological polar surface area (TPSA) is 21.3 Å². The molecule has 0 fully saturated rings. The predicted molar refractivity (Wildman–Crippen MR) is 272 cm³/mol. The number of aromatic nitrogens is 1. The minimum absolute atomic E-state index is 0.897. The molecule has 0 spiro atoms. The van der Waals surface area contributed by atoms with Crippen molar-refractivity contribution in [2.24, 2.45) is 0 Å². The van der Waals surface area contributed by atoms with Crippen LogP contribution in [0.15, 0.2) is 235 Å². The van der Waals surface area contributed by atoms with Crippen LogP contribution in [-0.2, 0) is 0 Å². The molecule has 13 aromatic rings. The number of anilines is 3. The Morgan fingerprint density at radius 3 is 1.67 bits per heavy atom. The van der Waals surface area contributed by atoms with Gasteiger partial charge in [0, 0.05) is 58.8 Å². The minimum Gasteiger partial charge on any atom is -0.454 e. The summed E-state index contributed by atoms with van der Waals surface area (Å²) in [4.78, 5) is 2.36. The van der Waals surface area contributed by atoms with Crippen LogP contribution in [0.3, 0.4) is 0 Å². The molecular weight excluding hydrogens is 797 g/mol. The number of para-hydroxylation sites is 3. The molecule has 3 aromatic heterocycles. The lowest BCUT2D eigenvalue weighted by atomic mass is 10.0. The summed E-state index contributed by atoms with van der Waals surface area (Å²) >= 11 is 1.87. The molecule has 0 unspecified atom stereocenters. The largest absolute Gasteiger partial charge is 0.454 e. The molecule has 3 nitrogen and oxygen atoms in total. The van der Waals surface area contributed by atoms with Gasteiger partial charge in [-0.05, 0) is 106 Å². The maximum absolute atomic E-state index is 6.55. The Morgan fingerprint density at radius 1 is 0.359 bits per heavy atom. The van der Waals surface area contributed by atoms with Crippen molar-refractivity contribution in [1.29, 1.82) is 0 Å². The average molecular weight is 835 g/mol. The molecule has 0 bridgehead atoms. The van der Waals surface area contributed by atoms with E-state index >= 15 is 0 Å². The van der Waals surface area contributed by atoms with E-state index in [9.17, 15) is 0 Å². The van der Waals surface area contributed by atoms with Crippen LogP contribution >= 0.6 is 11.3 Å². The van der Waals surface area contributed by atoms with Gasteiger partial charge in [-0.15, -0.1) is 11.3 Å².